The van der Waals surface area contributed by atoms with Crippen LogP contribution in [0.25, 0.3) is 0 Å². The van der Waals surface area contributed by atoms with Crippen LogP contribution in [0, 0.1) is 5.82 Å². The number of rotatable bonds is 1. The van der Waals surface area contributed by atoms with Gasteiger partial charge in [-0.05, 0) is 34.1 Å². The van der Waals surface area contributed by atoms with Gasteiger partial charge in [-0.3, -0.25) is 4.79 Å². The van der Waals surface area contributed by atoms with Crippen LogP contribution >= 0.6 is 15.9 Å². The van der Waals surface area contributed by atoms with Gasteiger partial charge in [0.2, 0.25) is 0 Å². The van der Waals surface area contributed by atoms with Crippen molar-refractivity contribution in [2.45, 2.75) is 0 Å². The Labute approximate surface area is 93.5 Å². The third-order valence-corrected chi connectivity index (χ3v) is 2.24. The van der Waals surface area contributed by atoms with Crippen LogP contribution in [0.15, 0.2) is 22.7 Å². The van der Waals surface area contributed by atoms with E-state index in [4.69, 9.17) is 0 Å². The number of ether oxygens (including phenoxy) is 1. The van der Waals surface area contributed by atoms with Crippen LogP contribution in [-0.2, 0) is 14.3 Å². The van der Waals surface area contributed by atoms with E-state index in [1.54, 1.807) is 0 Å². The third kappa shape index (κ3) is 3.02. The highest BCUT2D eigenvalue weighted by atomic mass is 79.9. The molecule has 0 radical (unpaired) electrons. The zero-order valence-electron chi connectivity index (χ0n) is 7.71. The van der Waals surface area contributed by atoms with E-state index in [-0.39, 0.29) is 5.69 Å². The molecule has 0 fully saturated rings. The maximum absolute atomic E-state index is 12.8. The molecule has 0 unspecified atom stereocenters. The fourth-order valence-electron chi connectivity index (χ4n) is 0.859. The van der Waals surface area contributed by atoms with E-state index in [2.05, 4.69) is 26.0 Å². The lowest BCUT2D eigenvalue weighted by atomic mass is 10.3. The highest BCUT2D eigenvalue weighted by Crippen LogP contribution is 2.22. The number of carbonyl (C=O) groups excluding carboxylic acids is 2. The van der Waals surface area contributed by atoms with E-state index in [0.29, 0.717) is 4.47 Å². The molecule has 1 N–H and O–H groups in total. The fraction of sp³-hybridized carbons (Fsp3) is 0.111. The number of carbonyl (C=O) groups is 2. The van der Waals surface area contributed by atoms with Crippen LogP contribution in [0.3, 0.4) is 0 Å². The SMILES string of the molecule is COC(=O)C(=O)Nc1cc(F)ccc1Br. The molecule has 15 heavy (non-hydrogen) atoms. The standard InChI is InChI=1S/C9H7BrFNO3/c1-15-9(14)8(13)12-7-4-5(11)2-3-6(7)10/h2-4H,1H3,(H,12,13). The number of anilines is 1. The molecule has 0 aliphatic carbocycles. The van der Waals surface area contributed by atoms with Gasteiger partial charge in [0, 0.05) is 4.47 Å². The number of hydrogen-bond donors (Lipinski definition) is 1. The Morgan fingerprint density at radius 1 is 1.47 bits per heavy atom. The smallest absolute Gasteiger partial charge is 0.396 e. The second-order valence-electron chi connectivity index (χ2n) is 2.57. The molecule has 0 heterocycles. The monoisotopic (exact) mass is 275 g/mol. The van der Waals surface area contributed by atoms with Crippen LogP contribution in [0.5, 0.6) is 0 Å². The van der Waals surface area contributed by atoms with Crippen molar-refractivity contribution in [3.63, 3.8) is 0 Å². The molecule has 0 saturated heterocycles. The first-order valence-electron chi connectivity index (χ1n) is 3.89. The molecule has 1 aromatic rings. The molecular weight excluding hydrogens is 269 g/mol. The zero-order valence-corrected chi connectivity index (χ0v) is 9.30. The van der Waals surface area contributed by atoms with Gasteiger partial charge >= 0.3 is 11.9 Å². The molecule has 4 nitrogen and oxygen atoms in total. The minimum Gasteiger partial charge on any atom is -0.462 e. The summed E-state index contributed by atoms with van der Waals surface area (Å²) in [5.41, 5.74) is 0.172. The van der Waals surface area contributed by atoms with E-state index in [0.717, 1.165) is 13.2 Å². The normalized spacial score (nSPS) is 9.53. The second kappa shape index (κ2) is 4.88. The molecule has 0 aromatic heterocycles. The molecule has 0 aliphatic rings. The average Bonchev–Trinajstić information content (AvgIpc) is 2.22. The van der Waals surface area contributed by atoms with Crippen LogP contribution in [0.4, 0.5) is 10.1 Å². The number of benzene rings is 1. The Hall–Kier alpha value is -1.43. The van der Waals surface area contributed by atoms with Gasteiger partial charge in [0.05, 0.1) is 12.8 Å². The molecule has 0 saturated carbocycles. The summed E-state index contributed by atoms with van der Waals surface area (Å²) in [6.07, 6.45) is 0. The highest BCUT2D eigenvalue weighted by Gasteiger charge is 2.15. The number of methoxy groups -OCH3 is 1. The maximum Gasteiger partial charge on any atom is 0.396 e. The molecule has 1 aromatic carbocycles. The minimum absolute atomic E-state index is 0.172. The zero-order chi connectivity index (χ0) is 11.4. The minimum atomic E-state index is -1.04. The van der Waals surface area contributed by atoms with Gasteiger partial charge in [0.15, 0.2) is 0 Å². The van der Waals surface area contributed by atoms with Crippen LogP contribution in [-0.4, -0.2) is 19.0 Å². The summed E-state index contributed by atoms with van der Waals surface area (Å²) in [6, 6.07) is 3.73. The Kier molecular flexibility index (Phi) is 3.79. The van der Waals surface area contributed by atoms with Crippen molar-refractivity contribution >= 4 is 33.5 Å². The summed E-state index contributed by atoms with van der Waals surface area (Å²) in [5, 5.41) is 2.20. The second-order valence-corrected chi connectivity index (χ2v) is 3.42. The van der Waals surface area contributed by atoms with Crippen molar-refractivity contribution in [2.75, 3.05) is 12.4 Å². The van der Waals surface area contributed by atoms with Crippen molar-refractivity contribution in [1.82, 2.24) is 0 Å². The van der Waals surface area contributed by atoms with Gasteiger partial charge < -0.3 is 10.1 Å². The molecule has 1 amide bonds. The van der Waals surface area contributed by atoms with E-state index >= 15 is 0 Å². The molecule has 6 heteroatoms. The van der Waals surface area contributed by atoms with Gasteiger partial charge in [-0.25, -0.2) is 9.18 Å². The van der Waals surface area contributed by atoms with Crippen molar-refractivity contribution in [3.05, 3.63) is 28.5 Å². The van der Waals surface area contributed by atoms with E-state index in [1.807, 2.05) is 0 Å². The van der Waals surface area contributed by atoms with Crippen LogP contribution in [0.1, 0.15) is 0 Å². The molecule has 0 aliphatic heterocycles. The number of amides is 1. The maximum atomic E-state index is 12.8. The first kappa shape index (κ1) is 11.6. The molecule has 0 spiro atoms. The Morgan fingerprint density at radius 2 is 2.13 bits per heavy atom. The van der Waals surface area contributed by atoms with Gasteiger partial charge in [-0.15, -0.1) is 0 Å². The predicted molar refractivity (Wildman–Crippen MR) is 54.7 cm³/mol. The lowest BCUT2D eigenvalue weighted by molar-refractivity contribution is -0.150. The van der Waals surface area contributed by atoms with E-state index in [1.165, 1.54) is 12.1 Å². The van der Waals surface area contributed by atoms with Gasteiger partial charge in [-0.2, -0.15) is 0 Å². The summed E-state index contributed by atoms with van der Waals surface area (Å²) >= 11 is 3.10. The third-order valence-electron chi connectivity index (χ3n) is 1.55. The summed E-state index contributed by atoms with van der Waals surface area (Å²) in [7, 11) is 1.09. The predicted octanol–water partition coefficient (Wildman–Crippen LogP) is 1.70. The van der Waals surface area contributed by atoms with E-state index in [9.17, 15) is 14.0 Å². The van der Waals surface area contributed by atoms with Crippen LogP contribution in [0.2, 0.25) is 0 Å². The molecule has 1 rings (SSSR count). The van der Waals surface area contributed by atoms with Crippen molar-refractivity contribution < 1.29 is 18.7 Å². The first-order chi connectivity index (χ1) is 7.04. The number of nitrogens with one attached hydrogen (secondary N) is 1. The van der Waals surface area contributed by atoms with Gasteiger partial charge in [0.1, 0.15) is 5.82 Å². The van der Waals surface area contributed by atoms with E-state index < -0.39 is 17.7 Å². The molecule has 0 atom stereocenters. The van der Waals surface area contributed by atoms with Gasteiger partial charge in [-0.1, -0.05) is 0 Å². The van der Waals surface area contributed by atoms with Gasteiger partial charge in [0.25, 0.3) is 0 Å². The molecule has 0 bridgehead atoms. The van der Waals surface area contributed by atoms with Crippen LogP contribution < -0.4 is 5.32 Å². The average molecular weight is 276 g/mol. The summed E-state index contributed by atoms with van der Waals surface area (Å²) in [5.74, 6) is -2.51. The Balaban J connectivity index is 2.85. The summed E-state index contributed by atoms with van der Waals surface area (Å²) < 4.78 is 17.5. The summed E-state index contributed by atoms with van der Waals surface area (Å²) in [4.78, 5) is 21.8. The topological polar surface area (TPSA) is 55.4 Å². The Morgan fingerprint density at radius 3 is 2.73 bits per heavy atom. The quantitative estimate of drug-likeness (QED) is 0.627. The lowest BCUT2D eigenvalue weighted by Crippen LogP contribution is -2.24. The largest absolute Gasteiger partial charge is 0.462 e. The van der Waals surface area contributed by atoms with Crippen molar-refractivity contribution in [1.29, 1.82) is 0 Å². The number of esters is 1. The lowest BCUT2D eigenvalue weighted by Gasteiger charge is -2.05. The number of halogens is 2. The van der Waals surface area contributed by atoms with Crippen molar-refractivity contribution in [3.8, 4) is 0 Å². The molecular formula is C9H7BrFNO3. The highest BCUT2D eigenvalue weighted by molar-refractivity contribution is 9.10. The first-order valence-corrected chi connectivity index (χ1v) is 4.68. The fourth-order valence-corrected chi connectivity index (χ4v) is 1.21. The number of hydrogen-bond acceptors (Lipinski definition) is 3. The summed E-state index contributed by atoms with van der Waals surface area (Å²) in [6.45, 7) is 0. The van der Waals surface area contributed by atoms with Crippen molar-refractivity contribution in [2.24, 2.45) is 0 Å². The Bertz CT molecular complexity index is 408. The molecule has 80 valence electrons.